The second-order valence-corrected chi connectivity index (χ2v) is 3.67. The van der Waals surface area contributed by atoms with Crippen molar-refractivity contribution < 1.29 is 9.50 Å². The second kappa shape index (κ2) is 4.40. The predicted molar refractivity (Wildman–Crippen MR) is 56.7 cm³/mol. The summed E-state index contributed by atoms with van der Waals surface area (Å²) in [5.41, 5.74) is 1.36. The Morgan fingerprint density at radius 2 is 2.31 bits per heavy atom. The number of halogens is 1. The molecule has 84 valence electrons. The molecule has 0 amide bonds. The Morgan fingerprint density at radius 3 is 3.00 bits per heavy atom. The van der Waals surface area contributed by atoms with Crippen LogP contribution < -0.4 is 0 Å². The minimum Gasteiger partial charge on any atom is -0.393 e. The van der Waals surface area contributed by atoms with Gasteiger partial charge < -0.3 is 5.11 Å². The zero-order valence-corrected chi connectivity index (χ0v) is 8.84. The van der Waals surface area contributed by atoms with Gasteiger partial charge in [0, 0.05) is 6.42 Å². The van der Waals surface area contributed by atoms with Crippen LogP contribution in [0.5, 0.6) is 0 Å². The van der Waals surface area contributed by atoms with Crippen molar-refractivity contribution >= 4 is 0 Å². The molecule has 4 nitrogen and oxygen atoms in total. The average Bonchev–Trinajstić information content (AvgIpc) is 2.65. The highest BCUT2D eigenvalue weighted by molar-refractivity contribution is 5.32. The number of aromatic nitrogens is 3. The van der Waals surface area contributed by atoms with Gasteiger partial charge in [-0.25, -0.2) is 9.07 Å². The van der Waals surface area contributed by atoms with Crippen molar-refractivity contribution in [1.29, 1.82) is 0 Å². The van der Waals surface area contributed by atoms with Crippen LogP contribution in [0, 0.1) is 5.82 Å². The van der Waals surface area contributed by atoms with Crippen LogP contribution in [0.3, 0.4) is 0 Å². The molecule has 1 N–H and O–H groups in total. The molecule has 0 fully saturated rings. The van der Waals surface area contributed by atoms with Crippen LogP contribution >= 0.6 is 0 Å². The first-order valence-corrected chi connectivity index (χ1v) is 5.00. The van der Waals surface area contributed by atoms with E-state index in [1.54, 1.807) is 25.3 Å². The maximum atomic E-state index is 13.0. The maximum Gasteiger partial charge on any atom is 0.125 e. The molecule has 5 heteroatoms. The van der Waals surface area contributed by atoms with Crippen LogP contribution in [-0.4, -0.2) is 26.2 Å². The first-order chi connectivity index (χ1) is 7.66. The molecule has 0 saturated heterocycles. The van der Waals surface area contributed by atoms with Crippen LogP contribution in [0.25, 0.3) is 5.69 Å². The molecular weight excluding hydrogens is 209 g/mol. The number of aliphatic hydroxyl groups excluding tert-OH is 1. The standard InChI is InChI=1S/C11H12FN3O/c1-8(16)5-11-7-13-14-15(11)10-4-2-3-9(12)6-10/h2-4,6-8,16H,5H2,1H3. The van der Waals surface area contributed by atoms with Crippen LogP contribution in [0.15, 0.2) is 30.5 Å². The van der Waals surface area contributed by atoms with E-state index < -0.39 is 6.10 Å². The van der Waals surface area contributed by atoms with Crippen molar-refractivity contribution in [1.82, 2.24) is 15.0 Å². The summed E-state index contributed by atoms with van der Waals surface area (Å²) in [6, 6.07) is 6.09. The molecule has 0 aliphatic rings. The van der Waals surface area contributed by atoms with E-state index in [1.165, 1.54) is 16.8 Å². The van der Waals surface area contributed by atoms with Crippen molar-refractivity contribution in [2.24, 2.45) is 0 Å². The van der Waals surface area contributed by atoms with Crippen LogP contribution in [0.2, 0.25) is 0 Å². The van der Waals surface area contributed by atoms with Crippen molar-refractivity contribution in [3.05, 3.63) is 42.0 Å². The fraction of sp³-hybridized carbons (Fsp3) is 0.273. The molecule has 1 aromatic carbocycles. The van der Waals surface area contributed by atoms with Gasteiger partial charge in [-0.15, -0.1) is 5.10 Å². The van der Waals surface area contributed by atoms with Crippen molar-refractivity contribution in [3.8, 4) is 5.69 Å². The Kier molecular flexibility index (Phi) is 2.96. The summed E-state index contributed by atoms with van der Waals surface area (Å²) in [5, 5.41) is 16.9. The number of hydrogen-bond donors (Lipinski definition) is 1. The van der Waals surface area contributed by atoms with E-state index in [4.69, 9.17) is 0 Å². The Balaban J connectivity index is 2.37. The third-order valence-corrected chi connectivity index (χ3v) is 2.18. The zero-order chi connectivity index (χ0) is 11.5. The molecule has 2 rings (SSSR count). The Morgan fingerprint density at radius 1 is 1.50 bits per heavy atom. The normalized spacial score (nSPS) is 12.7. The van der Waals surface area contributed by atoms with E-state index in [0.29, 0.717) is 12.1 Å². The van der Waals surface area contributed by atoms with Gasteiger partial charge in [0.1, 0.15) is 5.82 Å². The Bertz CT molecular complexity index is 482. The molecule has 1 atom stereocenters. The number of nitrogens with zero attached hydrogens (tertiary/aromatic N) is 3. The number of rotatable bonds is 3. The maximum absolute atomic E-state index is 13.0. The molecule has 1 aromatic heterocycles. The van der Waals surface area contributed by atoms with Gasteiger partial charge in [0.25, 0.3) is 0 Å². The van der Waals surface area contributed by atoms with Crippen LogP contribution in [0.4, 0.5) is 4.39 Å². The molecular formula is C11H12FN3O. The summed E-state index contributed by atoms with van der Waals surface area (Å²) < 4.78 is 14.6. The van der Waals surface area contributed by atoms with Gasteiger partial charge in [-0.05, 0) is 25.1 Å². The Labute approximate surface area is 92.3 Å². The third kappa shape index (κ3) is 2.25. The molecule has 2 aromatic rings. The van der Waals surface area contributed by atoms with Gasteiger partial charge in [0.15, 0.2) is 0 Å². The van der Waals surface area contributed by atoms with Gasteiger partial charge in [-0.1, -0.05) is 11.3 Å². The van der Waals surface area contributed by atoms with Gasteiger partial charge in [0.05, 0.1) is 23.7 Å². The van der Waals surface area contributed by atoms with E-state index in [1.807, 2.05) is 0 Å². The first kappa shape index (κ1) is 10.8. The fourth-order valence-corrected chi connectivity index (χ4v) is 1.52. The minimum atomic E-state index is -0.481. The molecule has 0 saturated carbocycles. The van der Waals surface area contributed by atoms with Gasteiger partial charge in [-0.3, -0.25) is 0 Å². The quantitative estimate of drug-likeness (QED) is 0.850. The minimum absolute atomic E-state index is 0.323. The van der Waals surface area contributed by atoms with Crippen molar-refractivity contribution in [3.63, 3.8) is 0 Å². The Hall–Kier alpha value is -1.75. The van der Waals surface area contributed by atoms with E-state index in [2.05, 4.69) is 10.3 Å². The van der Waals surface area contributed by atoms with E-state index >= 15 is 0 Å². The summed E-state index contributed by atoms with van der Waals surface area (Å²) in [6.45, 7) is 1.68. The number of benzene rings is 1. The molecule has 0 aliphatic carbocycles. The average molecular weight is 221 g/mol. The highest BCUT2D eigenvalue weighted by Gasteiger charge is 2.09. The van der Waals surface area contributed by atoms with E-state index in [-0.39, 0.29) is 5.82 Å². The van der Waals surface area contributed by atoms with Crippen molar-refractivity contribution in [2.45, 2.75) is 19.4 Å². The highest BCUT2D eigenvalue weighted by Crippen LogP contribution is 2.12. The molecule has 1 heterocycles. The first-order valence-electron chi connectivity index (χ1n) is 5.00. The fourth-order valence-electron chi connectivity index (χ4n) is 1.52. The lowest BCUT2D eigenvalue weighted by Crippen LogP contribution is -2.10. The molecule has 0 radical (unpaired) electrons. The molecule has 0 bridgehead atoms. The molecule has 16 heavy (non-hydrogen) atoms. The zero-order valence-electron chi connectivity index (χ0n) is 8.84. The van der Waals surface area contributed by atoms with Gasteiger partial charge in [0.2, 0.25) is 0 Å². The molecule has 1 unspecified atom stereocenters. The largest absolute Gasteiger partial charge is 0.393 e. The van der Waals surface area contributed by atoms with E-state index in [0.717, 1.165) is 5.69 Å². The summed E-state index contributed by atoms with van der Waals surface area (Å²) in [5.74, 6) is -0.323. The second-order valence-electron chi connectivity index (χ2n) is 3.67. The summed E-state index contributed by atoms with van der Waals surface area (Å²) in [6.07, 6.45) is 1.52. The number of aliphatic hydroxyl groups is 1. The molecule has 0 aliphatic heterocycles. The van der Waals surface area contributed by atoms with Gasteiger partial charge >= 0.3 is 0 Å². The smallest absolute Gasteiger partial charge is 0.125 e. The number of hydrogen-bond acceptors (Lipinski definition) is 3. The topological polar surface area (TPSA) is 50.9 Å². The van der Waals surface area contributed by atoms with Crippen LogP contribution in [-0.2, 0) is 6.42 Å². The lowest BCUT2D eigenvalue weighted by molar-refractivity contribution is 0.193. The lowest BCUT2D eigenvalue weighted by atomic mass is 10.2. The molecule has 0 spiro atoms. The summed E-state index contributed by atoms with van der Waals surface area (Å²) >= 11 is 0. The third-order valence-electron chi connectivity index (χ3n) is 2.18. The lowest BCUT2D eigenvalue weighted by Gasteiger charge is -2.07. The highest BCUT2D eigenvalue weighted by atomic mass is 19.1. The van der Waals surface area contributed by atoms with Gasteiger partial charge in [-0.2, -0.15) is 0 Å². The summed E-state index contributed by atoms with van der Waals surface area (Å²) in [4.78, 5) is 0. The van der Waals surface area contributed by atoms with E-state index in [9.17, 15) is 9.50 Å². The van der Waals surface area contributed by atoms with Crippen LogP contribution in [0.1, 0.15) is 12.6 Å². The SMILES string of the molecule is CC(O)Cc1cnnn1-c1cccc(F)c1. The summed E-state index contributed by atoms with van der Waals surface area (Å²) in [7, 11) is 0. The monoisotopic (exact) mass is 221 g/mol. The predicted octanol–water partition coefficient (Wildman–Crippen LogP) is 1.33. The van der Waals surface area contributed by atoms with Crippen molar-refractivity contribution in [2.75, 3.05) is 0 Å².